The average Bonchev–Trinajstić information content (AvgIpc) is 3.18. The average molecular weight is 432 g/mol. The Balaban J connectivity index is 1.42. The first-order valence-corrected chi connectivity index (χ1v) is 9.61. The highest BCUT2D eigenvalue weighted by atomic mass is 32.1. The zero-order chi connectivity index (χ0) is 21.3. The van der Waals surface area contributed by atoms with Gasteiger partial charge in [-0.05, 0) is 60.0 Å². The monoisotopic (exact) mass is 432 g/mol. The van der Waals surface area contributed by atoms with Crippen LogP contribution in [-0.4, -0.2) is 18.6 Å². The molecule has 1 aliphatic rings. The Morgan fingerprint density at radius 1 is 1.10 bits per heavy atom. The molecule has 10 heteroatoms. The van der Waals surface area contributed by atoms with Crippen molar-refractivity contribution >= 4 is 40.0 Å². The van der Waals surface area contributed by atoms with Crippen LogP contribution in [0.3, 0.4) is 0 Å². The van der Waals surface area contributed by atoms with Gasteiger partial charge in [-0.15, -0.1) is 24.5 Å². The summed E-state index contributed by atoms with van der Waals surface area (Å²) in [7, 11) is 0. The first-order chi connectivity index (χ1) is 14.3. The number of thiophene rings is 1. The molecular formula is C20H15F3N4O2S. The first kappa shape index (κ1) is 19.9. The highest BCUT2D eigenvalue weighted by Crippen LogP contribution is 2.37. The van der Waals surface area contributed by atoms with E-state index in [1.807, 2.05) is 16.3 Å². The zero-order valence-corrected chi connectivity index (χ0v) is 16.1. The Bertz CT molecular complexity index is 1080. The van der Waals surface area contributed by atoms with Crippen molar-refractivity contribution in [3.8, 4) is 5.75 Å². The molecule has 0 fully saturated rings. The van der Waals surface area contributed by atoms with Gasteiger partial charge in [-0.3, -0.25) is 4.79 Å². The van der Waals surface area contributed by atoms with Gasteiger partial charge in [0.2, 0.25) is 0 Å². The third-order valence-corrected chi connectivity index (χ3v) is 5.20. The molecule has 2 aromatic carbocycles. The van der Waals surface area contributed by atoms with E-state index in [0.29, 0.717) is 5.69 Å². The fraction of sp³-hybridized carbons (Fsp3) is 0.100. The van der Waals surface area contributed by atoms with Gasteiger partial charge >= 0.3 is 6.36 Å². The van der Waals surface area contributed by atoms with E-state index in [0.717, 1.165) is 28.4 Å². The van der Waals surface area contributed by atoms with Crippen LogP contribution in [-0.2, 0) is 0 Å². The Morgan fingerprint density at radius 3 is 2.47 bits per heavy atom. The predicted octanol–water partition coefficient (Wildman–Crippen LogP) is 5.04. The van der Waals surface area contributed by atoms with Gasteiger partial charge in [0.15, 0.2) is 0 Å². The van der Waals surface area contributed by atoms with Gasteiger partial charge < -0.3 is 20.7 Å². The smallest absolute Gasteiger partial charge is 0.406 e. The van der Waals surface area contributed by atoms with Crippen molar-refractivity contribution in [2.24, 2.45) is 10.7 Å². The first-order valence-electron chi connectivity index (χ1n) is 8.73. The van der Waals surface area contributed by atoms with Crippen molar-refractivity contribution in [3.63, 3.8) is 0 Å². The summed E-state index contributed by atoms with van der Waals surface area (Å²) in [6.07, 6.45) is -3.47. The molecule has 0 aliphatic carbocycles. The van der Waals surface area contributed by atoms with Crippen molar-refractivity contribution in [2.75, 3.05) is 10.2 Å². The number of hydrogen-bond acceptors (Lipinski definition) is 6. The number of rotatable bonds is 4. The van der Waals surface area contributed by atoms with E-state index in [1.165, 1.54) is 23.5 Å². The Hall–Kier alpha value is -3.37. The SMILES string of the molecule is NC1c2ccsc2N=CN1c1ccc(NC(=O)c2ccc(OC(F)(F)F)cc2)cc1. The molecule has 3 N–H and O–H groups in total. The number of ether oxygens (including phenoxy) is 1. The van der Waals surface area contributed by atoms with E-state index < -0.39 is 18.0 Å². The normalized spacial score (nSPS) is 15.6. The maximum atomic E-state index is 12.3. The van der Waals surface area contributed by atoms with Gasteiger partial charge in [0, 0.05) is 22.5 Å². The molecule has 2 heterocycles. The second kappa shape index (κ2) is 7.81. The number of alkyl halides is 3. The van der Waals surface area contributed by atoms with Crippen LogP contribution in [0.1, 0.15) is 22.1 Å². The second-order valence-electron chi connectivity index (χ2n) is 6.35. The summed E-state index contributed by atoms with van der Waals surface area (Å²) in [6.45, 7) is 0. The van der Waals surface area contributed by atoms with Gasteiger partial charge in [-0.1, -0.05) is 0 Å². The maximum absolute atomic E-state index is 12.3. The summed E-state index contributed by atoms with van der Waals surface area (Å²) < 4.78 is 40.4. The van der Waals surface area contributed by atoms with Crippen molar-refractivity contribution in [1.29, 1.82) is 0 Å². The number of benzene rings is 2. The molecule has 0 saturated heterocycles. The molecule has 1 atom stereocenters. The summed E-state index contributed by atoms with van der Waals surface area (Å²) in [4.78, 5) is 18.5. The Labute approximate surface area is 173 Å². The van der Waals surface area contributed by atoms with Crippen LogP contribution in [0.4, 0.5) is 29.5 Å². The van der Waals surface area contributed by atoms with Crippen LogP contribution < -0.4 is 20.7 Å². The highest BCUT2D eigenvalue weighted by molar-refractivity contribution is 7.14. The lowest BCUT2D eigenvalue weighted by Crippen LogP contribution is -2.35. The van der Waals surface area contributed by atoms with Crippen LogP contribution in [0.25, 0.3) is 0 Å². The molecular weight excluding hydrogens is 417 g/mol. The largest absolute Gasteiger partial charge is 0.573 e. The van der Waals surface area contributed by atoms with Crippen molar-refractivity contribution in [2.45, 2.75) is 12.5 Å². The van der Waals surface area contributed by atoms with Gasteiger partial charge in [0.1, 0.15) is 16.9 Å². The van der Waals surface area contributed by atoms with Crippen molar-refractivity contribution in [1.82, 2.24) is 0 Å². The minimum absolute atomic E-state index is 0.198. The zero-order valence-electron chi connectivity index (χ0n) is 15.3. The number of nitrogens with two attached hydrogens (primary N) is 1. The van der Waals surface area contributed by atoms with E-state index in [-0.39, 0.29) is 11.7 Å². The summed E-state index contributed by atoms with van der Waals surface area (Å²) >= 11 is 1.52. The van der Waals surface area contributed by atoms with Gasteiger partial charge in [0.05, 0.1) is 6.34 Å². The molecule has 1 amide bonds. The van der Waals surface area contributed by atoms with Crippen LogP contribution in [0.15, 0.2) is 65.0 Å². The number of carbonyl (C=O) groups excluding carboxylic acids is 1. The molecule has 0 saturated carbocycles. The Kier molecular flexibility index (Phi) is 5.18. The molecule has 0 spiro atoms. The van der Waals surface area contributed by atoms with Gasteiger partial charge in [-0.2, -0.15) is 0 Å². The maximum Gasteiger partial charge on any atom is 0.573 e. The van der Waals surface area contributed by atoms with E-state index in [9.17, 15) is 18.0 Å². The number of amides is 1. The molecule has 1 aromatic heterocycles. The second-order valence-corrected chi connectivity index (χ2v) is 7.25. The predicted molar refractivity (Wildman–Crippen MR) is 109 cm³/mol. The van der Waals surface area contributed by atoms with Crippen LogP contribution in [0, 0.1) is 0 Å². The minimum atomic E-state index is -4.78. The molecule has 3 aromatic rings. The molecule has 0 bridgehead atoms. The minimum Gasteiger partial charge on any atom is -0.406 e. The summed E-state index contributed by atoms with van der Waals surface area (Å²) in [5.74, 6) is -0.850. The lowest BCUT2D eigenvalue weighted by molar-refractivity contribution is -0.274. The number of carbonyl (C=O) groups is 1. The number of fused-ring (bicyclic) bond motifs is 1. The van der Waals surface area contributed by atoms with E-state index in [4.69, 9.17) is 5.73 Å². The number of halogens is 3. The number of anilines is 2. The van der Waals surface area contributed by atoms with Gasteiger partial charge in [0.25, 0.3) is 5.91 Å². The van der Waals surface area contributed by atoms with Crippen molar-refractivity contribution < 1.29 is 22.7 Å². The lowest BCUT2D eigenvalue weighted by atomic mass is 10.1. The van der Waals surface area contributed by atoms with Crippen LogP contribution in [0.2, 0.25) is 0 Å². The molecule has 6 nitrogen and oxygen atoms in total. The Morgan fingerprint density at radius 2 is 1.80 bits per heavy atom. The summed E-state index contributed by atoms with van der Waals surface area (Å²) in [5, 5.41) is 5.51. The van der Waals surface area contributed by atoms with E-state index in [1.54, 1.807) is 30.6 Å². The topological polar surface area (TPSA) is 80.0 Å². The van der Waals surface area contributed by atoms with Gasteiger partial charge in [-0.25, -0.2) is 4.99 Å². The quantitative estimate of drug-likeness (QED) is 0.606. The fourth-order valence-electron chi connectivity index (χ4n) is 2.93. The summed E-state index contributed by atoms with van der Waals surface area (Å²) in [6, 6.07) is 13.6. The van der Waals surface area contributed by atoms with E-state index >= 15 is 0 Å². The third-order valence-electron chi connectivity index (χ3n) is 4.37. The van der Waals surface area contributed by atoms with E-state index in [2.05, 4.69) is 15.0 Å². The fourth-order valence-corrected chi connectivity index (χ4v) is 3.71. The highest BCUT2D eigenvalue weighted by Gasteiger charge is 2.31. The van der Waals surface area contributed by atoms with Crippen LogP contribution in [0.5, 0.6) is 5.75 Å². The molecule has 30 heavy (non-hydrogen) atoms. The number of nitrogens with zero attached hydrogens (tertiary/aromatic N) is 2. The molecule has 0 radical (unpaired) electrons. The molecule has 1 unspecified atom stereocenters. The standard InChI is InChI=1S/C20H15F3N4O2S/c21-20(22,23)29-15-7-1-12(2-8-15)18(28)26-13-3-5-14(6-4-13)27-11-25-19-16(17(27)24)9-10-30-19/h1-11,17H,24H2,(H,26,28). The number of nitrogens with one attached hydrogen (secondary N) is 1. The number of hydrogen-bond donors (Lipinski definition) is 2. The molecule has 1 aliphatic heterocycles. The lowest BCUT2D eigenvalue weighted by Gasteiger charge is -2.29. The third kappa shape index (κ3) is 4.29. The number of aliphatic imine (C=N–C) groups is 1. The molecule has 154 valence electrons. The molecule has 4 rings (SSSR count). The summed E-state index contributed by atoms with van der Waals surface area (Å²) in [5.41, 5.74) is 8.77. The van der Waals surface area contributed by atoms with Crippen molar-refractivity contribution in [3.05, 3.63) is 71.1 Å². The van der Waals surface area contributed by atoms with Crippen LogP contribution >= 0.6 is 11.3 Å².